The van der Waals surface area contributed by atoms with E-state index < -0.39 is 16.4 Å². The van der Waals surface area contributed by atoms with Crippen LogP contribution in [-0.4, -0.2) is 38.9 Å². The second-order valence-electron chi connectivity index (χ2n) is 5.85. The molecule has 0 aliphatic carbocycles. The van der Waals surface area contributed by atoms with Gasteiger partial charge in [-0.25, -0.2) is 4.98 Å². The van der Waals surface area contributed by atoms with Crippen LogP contribution in [0.4, 0.5) is 5.69 Å². The van der Waals surface area contributed by atoms with Crippen LogP contribution in [-0.2, 0) is 0 Å². The molecular formula is C16H17N3O4S. The molecule has 1 aliphatic heterocycles. The summed E-state index contributed by atoms with van der Waals surface area (Å²) >= 11 is 1.66. The smallest absolute Gasteiger partial charge is 0.310 e. The Hall–Kier alpha value is -2.48. The third-order valence-electron chi connectivity index (χ3n) is 4.19. The van der Waals surface area contributed by atoms with Crippen LogP contribution in [0.25, 0.3) is 0 Å². The highest BCUT2D eigenvalue weighted by Gasteiger charge is 2.27. The van der Waals surface area contributed by atoms with Crippen LogP contribution < -0.4 is 0 Å². The van der Waals surface area contributed by atoms with Crippen LogP contribution in [0.15, 0.2) is 23.6 Å². The molecular weight excluding hydrogens is 330 g/mol. The number of aromatic nitrogens is 1. The van der Waals surface area contributed by atoms with Crippen LogP contribution in [0, 0.1) is 17.0 Å². The molecule has 7 nitrogen and oxygen atoms in total. The summed E-state index contributed by atoms with van der Waals surface area (Å²) in [5.41, 5.74) is 0.890. The number of likely N-dealkylation sites (tertiary alicyclic amines) is 1. The molecule has 1 fully saturated rings. The lowest BCUT2D eigenvalue weighted by atomic mass is 9.97. The minimum absolute atomic E-state index is 0.214. The molecule has 24 heavy (non-hydrogen) atoms. The molecule has 0 radical (unpaired) electrons. The van der Waals surface area contributed by atoms with Crippen molar-refractivity contribution in [2.75, 3.05) is 13.1 Å². The average Bonchev–Trinajstić information content (AvgIpc) is 3.00. The Morgan fingerprint density at radius 1 is 1.42 bits per heavy atom. The highest BCUT2D eigenvalue weighted by molar-refractivity contribution is 7.09. The standard InChI is InChI=1S/C16H17N3O4S/c1-10-9-24-15(17-10)11-4-6-18(7-5-11)16(21)12-2-3-13(19(22)23)14(20)8-12/h2-3,8-9,11,20H,4-7H2,1H3. The number of hydrogen-bond donors (Lipinski definition) is 1. The summed E-state index contributed by atoms with van der Waals surface area (Å²) in [7, 11) is 0. The fraction of sp³-hybridized carbons (Fsp3) is 0.375. The number of thiazole rings is 1. The maximum Gasteiger partial charge on any atom is 0.310 e. The van der Waals surface area contributed by atoms with Gasteiger partial charge in [0.15, 0.2) is 5.75 Å². The number of piperidine rings is 1. The van der Waals surface area contributed by atoms with Crippen LogP contribution >= 0.6 is 11.3 Å². The first-order chi connectivity index (χ1) is 11.5. The summed E-state index contributed by atoms with van der Waals surface area (Å²) in [4.78, 5) is 28.8. The molecule has 0 atom stereocenters. The van der Waals surface area contributed by atoms with Crippen molar-refractivity contribution >= 4 is 22.9 Å². The van der Waals surface area contributed by atoms with E-state index in [4.69, 9.17) is 0 Å². The lowest BCUT2D eigenvalue weighted by molar-refractivity contribution is -0.385. The van der Waals surface area contributed by atoms with E-state index in [-0.39, 0.29) is 11.5 Å². The molecule has 8 heteroatoms. The maximum absolute atomic E-state index is 12.5. The van der Waals surface area contributed by atoms with Gasteiger partial charge in [0.05, 0.1) is 9.93 Å². The molecule has 0 saturated carbocycles. The zero-order valence-electron chi connectivity index (χ0n) is 13.1. The van der Waals surface area contributed by atoms with Crippen molar-refractivity contribution in [1.82, 2.24) is 9.88 Å². The van der Waals surface area contributed by atoms with Crippen molar-refractivity contribution in [3.05, 3.63) is 50.0 Å². The number of rotatable bonds is 3. The van der Waals surface area contributed by atoms with Gasteiger partial charge >= 0.3 is 5.69 Å². The van der Waals surface area contributed by atoms with Crippen molar-refractivity contribution in [1.29, 1.82) is 0 Å². The molecule has 126 valence electrons. The molecule has 1 aromatic heterocycles. The SMILES string of the molecule is Cc1csc(C2CCN(C(=O)c3ccc([N+](=O)[O-])c(O)c3)CC2)n1. The molecule has 0 spiro atoms. The van der Waals surface area contributed by atoms with E-state index in [0.717, 1.165) is 35.7 Å². The van der Waals surface area contributed by atoms with E-state index in [0.29, 0.717) is 19.0 Å². The fourth-order valence-electron chi connectivity index (χ4n) is 2.88. The molecule has 1 saturated heterocycles. The number of phenols is 1. The van der Waals surface area contributed by atoms with E-state index in [9.17, 15) is 20.0 Å². The first-order valence-electron chi connectivity index (χ1n) is 7.64. The summed E-state index contributed by atoms with van der Waals surface area (Å²) in [6.45, 7) is 3.19. The number of nitro benzene ring substituents is 1. The molecule has 0 unspecified atom stereocenters. The average molecular weight is 347 g/mol. The van der Waals surface area contributed by atoms with Gasteiger partial charge in [-0.2, -0.15) is 0 Å². The van der Waals surface area contributed by atoms with E-state index in [2.05, 4.69) is 4.98 Å². The lowest BCUT2D eigenvalue weighted by Crippen LogP contribution is -2.37. The van der Waals surface area contributed by atoms with Crippen LogP contribution in [0.2, 0.25) is 0 Å². The molecule has 2 aromatic rings. The van der Waals surface area contributed by atoms with Gasteiger partial charge in [0.2, 0.25) is 0 Å². The fourth-order valence-corrected chi connectivity index (χ4v) is 3.85. The Labute approximate surface area is 142 Å². The molecule has 2 heterocycles. The quantitative estimate of drug-likeness (QED) is 0.680. The Morgan fingerprint density at radius 3 is 2.67 bits per heavy atom. The highest BCUT2D eigenvalue weighted by atomic mass is 32.1. The predicted octanol–water partition coefficient (Wildman–Crippen LogP) is 3.09. The minimum atomic E-state index is -0.676. The normalized spacial score (nSPS) is 15.5. The van der Waals surface area contributed by atoms with Gasteiger partial charge in [-0.05, 0) is 31.9 Å². The second kappa shape index (κ2) is 6.56. The van der Waals surface area contributed by atoms with Gasteiger partial charge in [-0.15, -0.1) is 11.3 Å². The third-order valence-corrected chi connectivity index (χ3v) is 5.31. The van der Waals surface area contributed by atoms with Crippen molar-refractivity contribution < 1.29 is 14.8 Å². The van der Waals surface area contributed by atoms with E-state index >= 15 is 0 Å². The van der Waals surface area contributed by atoms with E-state index in [1.54, 1.807) is 16.2 Å². The van der Waals surface area contributed by atoms with Gasteiger partial charge in [0.1, 0.15) is 0 Å². The van der Waals surface area contributed by atoms with E-state index in [1.807, 2.05) is 12.3 Å². The monoisotopic (exact) mass is 347 g/mol. The van der Waals surface area contributed by atoms with Gasteiger partial charge in [-0.1, -0.05) is 0 Å². The topological polar surface area (TPSA) is 96.6 Å². The molecule has 1 amide bonds. The van der Waals surface area contributed by atoms with Crippen molar-refractivity contribution in [3.63, 3.8) is 0 Å². The van der Waals surface area contributed by atoms with Gasteiger partial charge in [0.25, 0.3) is 5.91 Å². The number of aromatic hydroxyl groups is 1. The molecule has 0 bridgehead atoms. The summed E-state index contributed by atoms with van der Waals surface area (Å²) in [5, 5.41) is 23.6. The molecule has 3 rings (SSSR count). The van der Waals surface area contributed by atoms with Crippen molar-refractivity contribution in [3.8, 4) is 5.75 Å². The number of nitro groups is 1. The first kappa shape index (κ1) is 16.4. The largest absolute Gasteiger partial charge is 0.502 e. The second-order valence-corrected chi connectivity index (χ2v) is 6.74. The number of nitrogens with zero attached hydrogens (tertiary/aromatic N) is 3. The van der Waals surface area contributed by atoms with Crippen molar-refractivity contribution in [2.45, 2.75) is 25.7 Å². The summed E-state index contributed by atoms with van der Waals surface area (Å²) in [5.74, 6) is -0.328. The zero-order chi connectivity index (χ0) is 17.3. The number of phenolic OH excluding ortho intramolecular Hbond substituents is 1. The first-order valence-corrected chi connectivity index (χ1v) is 8.52. The van der Waals surface area contributed by atoms with Gasteiger partial charge < -0.3 is 10.0 Å². The Bertz CT molecular complexity index is 781. The molecule has 1 aromatic carbocycles. The third kappa shape index (κ3) is 3.23. The number of carbonyl (C=O) groups is 1. The van der Waals surface area contributed by atoms with Gasteiger partial charge in [-0.3, -0.25) is 14.9 Å². The van der Waals surface area contributed by atoms with Crippen LogP contribution in [0.1, 0.15) is 39.8 Å². The summed E-state index contributed by atoms with van der Waals surface area (Å²) in [6.07, 6.45) is 1.69. The highest BCUT2D eigenvalue weighted by Crippen LogP contribution is 2.32. The number of hydrogen-bond acceptors (Lipinski definition) is 6. The van der Waals surface area contributed by atoms with Crippen LogP contribution in [0.5, 0.6) is 5.75 Å². The zero-order valence-corrected chi connectivity index (χ0v) is 14.0. The van der Waals surface area contributed by atoms with Gasteiger partial charge in [0, 0.05) is 41.7 Å². The summed E-state index contributed by atoms with van der Waals surface area (Å²) in [6, 6.07) is 3.71. The number of benzene rings is 1. The molecule has 1 N–H and O–H groups in total. The molecule has 1 aliphatic rings. The number of carbonyl (C=O) groups excluding carboxylic acids is 1. The lowest BCUT2D eigenvalue weighted by Gasteiger charge is -2.31. The Kier molecular flexibility index (Phi) is 4.48. The van der Waals surface area contributed by atoms with Crippen LogP contribution in [0.3, 0.4) is 0 Å². The number of aryl methyl sites for hydroxylation is 1. The summed E-state index contributed by atoms with van der Waals surface area (Å²) < 4.78 is 0. The van der Waals surface area contributed by atoms with Crippen molar-refractivity contribution in [2.24, 2.45) is 0 Å². The minimum Gasteiger partial charge on any atom is -0.502 e. The predicted molar refractivity (Wildman–Crippen MR) is 89.5 cm³/mol. The van der Waals surface area contributed by atoms with E-state index in [1.165, 1.54) is 6.07 Å². The maximum atomic E-state index is 12.5. The Morgan fingerprint density at radius 2 is 2.12 bits per heavy atom. The Balaban J connectivity index is 1.67. The number of amides is 1.